The van der Waals surface area contributed by atoms with E-state index in [0.717, 1.165) is 9.37 Å². The molecule has 0 radical (unpaired) electrons. The fraction of sp³-hybridized carbons (Fsp3) is 0.0500. The van der Waals surface area contributed by atoms with Crippen molar-refractivity contribution in [1.82, 2.24) is 5.32 Å². The number of nitrogens with one attached hydrogen (secondary N) is 1. The summed E-state index contributed by atoms with van der Waals surface area (Å²) in [6.07, 6.45) is 2.96. The van der Waals surface area contributed by atoms with Gasteiger partial charge in [-0.05, 0) is 48.0 Å². The molecule has 6 nitrogen and oxygen atoms in total. The minimum absolute atomic E-state index is 0.182. The molecule has 28 heavy (non-hydrogen) atoms. The second kappa shape index (κ2) is 8.41. The molecule has 0 atom stereocenters. The highest BCUT2D eigenvalue weighted by Gasteiger charge is 2.36. The van der Waals surface area contributed by atoms with Crippen molar-refractivity contribution in [3.63, 3.8) is 0 Å². The Hall–Kier alpha value is -2.90. The van der Waals surface area contributed by atoms with Crippen LogP contribution in [-0.2, 0) is 9.59 Å². The Morgan fingerprint density at radius 1 is 1.14 bits per heavy atom. The topological polar surface area (TPSA) is 75.7 Å². The summed E-state index contributed by atoms with van der Waals surface area (Å²) >= 11 is 9.47. The van der Waals surface area contributed by atoms with Gasteiger partial charge < -0.3 is 4.74 Å². The van der Waals surface area contributed by atoms with Crippen LogP contribution < -0.4 is 15.0 Å². The molecule has 1 aliphatic heterocycles. The lowest BCUT2D eigenvalue weighted by atomic mass is 10.1. The van der Waals surface area contributed by atoms with Gasteiger partial charge >= 0.3 is 6.03 Å². The van der Waals surface area contributed by atoms with Gasteiger partial charge in [-0.25, -0.2) is 9.69 Å². The van der Waals surface area contributed by atoms with Crippen LogP contribution in [0.25, 0.3) is 6.08 Å². The van der Waals surface area contributed by atoms with Crippen LogP contribution in [0.5, 0.6) is 5.75 Å². The molecule has 0 saturated carbocycles. The average molecular weight is 462 g/mol. The van der Waals surface area contributed by atoms with Crippen molar-refractivity contribution in [3.05, 3.63) is 75.8 Å². The van der Waals surface area contributed by atoms with E-state index in [1.165, 1.54) is 6.08 Å². The molecule has 1 fully saturated rings. The fourth-order valence-corrected chi connectivity index (χ4v) is 3.03. The number of nitrogens with zero attached hydrogens (tertiary/aromatic N) is 1. The van der Waals surface area contributed by atoms with Crippen molar-refractivity contribution in [2.45, 2.75) is 0 Å². The van der Waals surface area contributed by atoms with E-state index in [-0.39, 0.29) is 5.57 Å². The molecular formula is C20H14BrClN2O4. The van der Waals surface area contributed by atoms with Crippen LogP contribution in [0.4, 0.5) is 10.5 Å². The third-order valence-electron chi connectivity index (χ3n) is 3.81. The number of hydrogen-bond acceptors (Lipinski definition) is 4. The van der Waals surface area contributed by atoms with Gasteiger partial charge in [0.2, 0.25) is 0 Å². The molecule has 8 heteroatoms. The van der Waals surface area contributed by atoms with Gasteiger partial charge in [0.1, 0.15) is 17.9 Å². The van der Waals surface area contributed by atoms with Crippen LogP contribution in [0, 0.1) is 0 Å². The number of rotatable bonds is 5. The summed E-state index contributed by atoms with van der Waals surface area (Å²) in [4.78, 5) is 38.1. The lowest BCUT2D eigenvalue weighted by Crippen LogP contribution is -2.54. The third kappa shape index (κ3) is 4.16. The first-order chi connectivity index (χ1) is 13.4. The Balaban J connectivity index is 1.93. The normalized spacial score (nSPS) is 15.6. The molecule has 0 aliphatic carbocycles. The van der Waals surface area contributed by atoms with Gasteiger partial charge in [0.15, 0.2) is 0 Å². The number of imide groups is 2. The number of ether oxygens (including phenoxy) is 1. The lowest BCUT2D eigenvalue weighted by Gasteiger charge is -2.26. The molecular weight excluding hydrogens is 448 g/mol. The maximum absolute atomic E-state index is 12.8. The maximum Gasteiger partial charge on any atom is 0.335 e. The second-order valence-corrected chi connectivity index (χ2v) is 7.05. The largest absolute Gasteiger partial charge is 0.488 e. The van der Waals surface area contributed by atoms with E-state index in [1.54, 1.807) is 48.5 Å². The van der Waals surface area contributed by atoms with Crippen LogP contribution in [0.3, 0.4) is 0 Å². The first kappa shape index (κ1) is 19.9. The predicted octanol–water partition coefficient (Wildman–Crippen LogP) is 4.33. The summed E-state index contributed by atoms with van der Waals surface area (Å²) in [7, 11) is 0. The van der Waals surface area contributed by atoms with Gasteiger partial charge in [-0.1, -0.05) is 46.3 Å². The third-order valence-corrected chi connectivity index (χ3v) is 4.63. The fourth-order valence-electron chi connectivity index (χ4n) is 2.52. The minimum atomic E-state index is -0.805. The molecule has 0 spiro atoms. The van der Waals surface area contributed by atoms with E-state index in [4.69, 9.17) is 16.3 Å². The molecule has 1 saturated heterocycles. The number of amides is 4. The van der Waals surface area contributed by atoms with Gasteiger partial charge in [-0.3, -0.25) is 14.9 Å². The Morgan fingerprint density at radius 2 is 1.86 bits per heavy atom. The van der Waals surface area contributed by atoms with Crippen molar-refractivity contribution in [2.24, 2.45) is 0 Å². The summed E-state index contributed by atoms with van der Waals surface area (Å²) in [5, 5.41) is 2.50. The van der Waals surface area contributed by atoms with Crippen molar-refractivity contribution >= 4 is 57.1 Å². The first-order valence-corrected chi connectivity index (χ1v) is 9.28. The van der Waals surface area contributed by atoms with Crippen LogP contribution in [0.2, 0.25) is 5.02 Å². The van der Waals surface area contributed by atoms with Gasteiger partial charge in [0.05, 0.1) is 10.7 Å². The van der Waals surface area contributed by atoms with Gasteiger partial charge in [-0.15, -0.1) is 0 Å². The number of urea groups is 1. The SMILES string of the molecule is C=CCOc1ccc(/C=C2\C(=O)NC(=O)N(c3ccc(Br)cc3)C2=O)cc1Cl. The minimum Gasteiger partial charge on any atom is -0.488 e. The van der Waals surface area contributed by atoms with Crippen molar-refractivity contribution < 1.29 is 19.1 Å². The van der Waals surface area contributed by atoms with Crippen LogP contribution >= 0.6 is 27.5 Å². The molecule has 0 unspecified atom stereocenters. The summed E-state index contributed by atoms with van der Waals surface area (Å²) in [5.41, 5.74) is 0.674. The summed E-state index contributed by atoms with van der Waals surface area (Å²) in [6.45, 7) is 3.86. The Labute approximate surface area is 174 Å². The maximum atomic E-state index is 12.8. The number of anilines is 1. The number of halogens is 2. The van der Waals surface area contributed by atoms with Gasteiger partial charge in [0, 0.05) is 4.47 Å². The van der Waals surface area contributed by atoms with E-state index < -0.39 is 17.8 Å². The first-order valence-electron chi connectivity index (χ1n) is 8.11. The summed E-state index contributed by atoms with van der Waals surface area (Å²) in [5.74, 6) is -1.04. The van der Waals surface area contributed by atoms with E-state index in [0.29, 0.717) is 28.6 Å². The molecule has 2 aromatic carbocycles. The van der Waals surface area contributed by atoms with E-state index >= 15 is 0 Å². The zero-order valence-electron chi connectivity index (χ0n) is 14.4. The molecule has 142 valence electrons. The smallest absolute Gasteiger partial charge is 0.335 e. The van der Waals surface area contributed by atoms with Gasteiger partial charge in [-0.2, -0.15) is 0 Å². The second-order valence-electron chi connectivity index (χ2n) is 5.72. The highest BCUT2D eigenvalue weighted by Crippen LogP contribution is 2.28. The van der Waals surface area contributed by atoms with E-state index in [9.17, 15) is 14.4 Å². The zero-order chi connectivity index (χ0) is 20.3. The molecule has 4 amide bonds. The molecule has 0 bridgehead atoms. The van der Waals surface area contributed by atoms with Gasteiger partial charge in [0.25, 0.3) is 11.8 Å². The van der Waals surface area contributed by atoms with Crippen molar-refractivity contribution in [3.8, 4) is 5.75 Å². The molecule has 1 heterocycles. The molecule has 0 aromatic heterocycles. The van der Waals surface area contributed by atoms with Crippen LogP contribution in [-0.4, -0.2) is 24.5 Å². The molecule has 3 rings (SSSR count). The number of hydrogen-bond donors (Lipinski definition) is 1. The predicted molar refractivity (Wildman–Crippen MR) is 110 cm³/mol. The highest BCUT2D eigenvalue weighted by molar-refractivity contribution is 9.10. The van der Waals surface area contributed by atoms with Crippen molar-refractivity contribution in [1.29, 1.82) is 0 Å². The lowest BCUT2D eigenvalue weighted by molar-refractivity contribution is -0.122. The standard InChI is InChI=1S/C20H14BrClN2O4/c1-2-9-28-17-8-3-12(11-16(17)22)10-15-18(25)23-20(27)24(19(15)26)14-6-4-13(21)5-7-14/h2-8,10-11H,1,9H2,(H,23,25,27)/b15-10+. The number of barbiturate groups is 1. The molecule has 2 aromatic rings. The number of benzene rings is 2. The van der Waals surface area contributed by atoms with Crippen LogP contribution in [0.1, 0.15) is 5.56 Å². The van der Waals surface area contributed by atoms with E-state index in [2.05, 4.69) is 27.8 Å². The molecule has 1 N–H and O–H groups in total. The quantitative estimate of drug-likeness (QED) is 0.408. The highest BCUT2D eigenvalue weighted by atomic mass is 79.9. The Bertz CT molecular complexity index is 1000. The Kier molecular flexibility index (Phi) is 5.96. The number of carbonyl (C=O) groups is 3. The number of carbonyl (C=O) groups excluding carboxylic acids is 3. The van der Waals surface area contributed by atoms with E-state index in [1.807, 2.05) is 0 Å². The summed E-state index contributed by atoms with van der Waals surface area (Å²) < 4.78 is 6.19. The van der Waals surface area contributed by atoms with Crippen LogP contribution in [0.15, 0.2) is 65.2 Å². The monoisotopic (exact) mass is 460 g/mol. The average Bonchev–Trinajstić information content (AvgIpc) is 2.66. The zero-order valence-corrected chi connectivity index (χ0v) is 16.8. The molecule has 1 aliphatic rings. The van der Waals surface area contributed by atoms with Crippen molar-refractivity contribution in [2.75, 3.05) is 11.5 Å². The summed E-state index contributed by atoms with van der Waals surface area (Å²) in [6, 6.07) is 10.6. The Morgan fingerprint density at radius 3 is 2.50 bits per heavy atom.